The van der Waals surface area contributed by atoms with E-state index in [1.807, 2.05) is 26.0 Å². The van der Waals surface area contributed by atoms with E-state index < -0.39 is 9.75 Å². The summed E-state index contributed by atoms with van der Waals surface area (Å²) in [5.41, 5.74) is 0. The maximum absolute atomic E-state index is 6.43. The van der Waals surface area contributed by atoms with Gasteiger partial charge in [0.2, 0.25) is 0 Å². The van der Waals surface area contributed by atoms with Crippen molar-refractivity contribution in [3.63, 3.8) is 0 Å². The predicted molar refractivity (Wildman–Crippen MR) is 87.6 cm³/mol. The molecular formula is C10H14Br3Cl3. The second-order valence-corrected chi connectivity index (χ2v) is 8.58. The van der Waals surface area contributed by atoms with Gasteiger partial charge in [-0.15, -0.1) is 34.8 Å². The molecule has 6 heteroatoms. The highest BCUT2D eigenvalue weighted by molar-refractivity contribution is 9.10. The average Bonchev–Trinajstić information content (AvgIpc) is 2.24. The number of allylic oxidation sites excluding steroid dienone is 2. The van der Waals surface area contributed by atoms with Crippen molar-refractivity contribution < 1.29 is 0 Å². The number of hydrogen-bond acceptors (Lipinski definition) is 0. The van der Waals surface area contributed by atoms with Crippen LogP contribution in [0.5, 0.6) is 0 Å². The van der Waals surface area contributed by atoms with Crippen LogP contribution in [0.3, 0.4) is 0 Å². The number of alkyl halides is 6. The smallest absolute Gasteiger partial charge is 0.0714 e. The molecule has 0 aromatic heterocycles. The zero-order chi connectivity index (χ0) is 13.0. The first-order chi connectivity index (χ1) is 7.17. The van der Waals surface area contributed by atoms with E-state index in [4.69, 9.17) is 34.8 Å². The van der Waals surface area contributed by atoms with Crippen LogP contribution in [-0.4, -0.2) is 30.6 Å². The highest BCUT2D eigenvalue weighted by Crippen LogP contribution is 2.35. The molecule has 0 aromatic rings. The van der Waals surface area contributed by atoms with Gasteiger partial charge in [0.15, 0.2) is 0 Å². The zero-order valence-corrected chi connectivity index (χ0v) is 16.0. The van der Waals surface area contributed by atoms with E-state index in [1.165, 1.54) is 0 Å². The molecular weight excluding hydrogens is 466 g/mol. The minimum Gasteiger partial charge on any atom is -0.125 e. The number of halogens is 6. The monoisotopic (exact) mass is 476 g/mol. The fourth-order valence-corrected chi connectivity index (χ4v) is 2.76. The van der Waals surface area contributed by atoms with Crippen molar-refractivity contribution in [1.82, 2.24) is 0 Å². The summed E-state index contributed by atoms with van der Waals surface area (Å²) < 4.78 is 0. The van der Waals surface area contributed by atoms with Crippen LogP contribution in [0.1, 0.15) is 13.8 Å². The van der Waals surface area contributed by atoms with Crippen molar-refractivity contribution in [3.8, 4) is 0 Å². The molecule has 0 amide bonds. The Hall–Kier alpha value is 2.05. The summed E-state index contributed by atoms with van der Waals surface area (Å²) in [5, 5.41) is 0.685. The predicted octanol–water partition coefficient (Wildman–Crippen LogP) is 5.70. The molecule has 0 aromatic carbocycles. The van der Waals surface area contributed by atoms with E-state index >= 15 is 0 Å². The molecule has 0 heterocycles. The summed E-state index contributed by atoms with van der Waals surface area (Å²) >= 11 is 28.8. The summed E-state index contributed by atoms with van der Waals surface area (Å²) in [6.07, 6.45) is 3.89. The molecule has 0 aliphatic rings. The summed E-state index contributed by atoms with van der Waals surface area (Å²) in [6, 6.07) is 0. The van der Waals surface area contributed by atoms with Gasteiger partial charge in [-0.05, 0) is 13.8 Å². The molecule has 0 rings (SSSR count). The minimum absolute atomic E-state index is 0.0121. The molecule has 0 saturated carbocycles. The van der Waals surface area contributed by atoms with E-state index in [9.17, 15) is 0 Å². The van der Waals surface area contributed by atoms with Crippen LogP contribution < -0.4 is 0 Å². The fraction of sp³-hybridized carbons (Fsp3) is 0.800. The highest BCUT2D eigenvalue weighted by atomic mass is 79.9. The van der Waals surface area contributed by atoms with Crippen molar-refractivity contribution in [2.45, 2.75) is 33.3 Å². The Kier molecular flexibility index (Phi) is 8.57. The van der Waals surface area contributed by atoms with Crippen LogP contribution in [0.25, 0.3) is 0 Å². The topological polar surface area (TPSA) is 0 Å². The quantitative estimate of drug-likeness (QED) is 0.338. The maximum Gasteiger partial charge on any atom is 0.0714 e. The molecule has 0 saturated heterocycles. The molecule has 96 valence electrons. The lowest BCUT2D eigenvalue weighted by Gasteiger charge is -2.30. The normalized spacial score (nSPS) is 23.8. The van der Waals surface area contributed by atoms with Gasteiger partial charge in [-0.1, -0.05) is 59.9 Å². The Morgan fingerprint density at radius 2 is 1.75 bits per heavy atom. The van der Waals surface area contributed by atoms with Gasteiger partial charge in [0.25, 0.3) is 0 Å². The lowest BCUT2D eigenvalue weighted by atomic mass is 10.0. The summed E-state index contributed by atoms with van der Waals surface area (Å²) in [6.45, 7) is 3.86. The SMILES string of the molecule is C[C@](Cl)([C@@H](Br)C=C[C@](C)(Cl)CBr)[C@@H](Br)CCl. The Labute approximate surface area is 138 Å². The van der Waals surface area contributed by atoms with E-state index in [0.29, 0.717) is 11.2 Å². The molecule has 0 unspecified atom stereocenters. The van der Waals surface area contributed by atoms with Gasteiger partial charge in [-0.3, -0.25) is 0 Å². The molecule has 0 nitrogen and oxygen atoms in total. The van der Waals surface area contributed by atoms with Crippen LogP contribution in [0.4, 0.5) is 0 Å². The van der Waals surface area contributed by atoms with E-state index in [-0.39, 0.29) is 9.65 Å². The van der Waals surface area contributed by atoms with E-state index in [1.54, 1.807) is 0 Å². The third-order valence-electron chi connectivity index (χ3n) is 2.16. The van der Waals surface area contributed by atoms with Crippen LogP contribution in [0.2, 0.25) is 0 Å². The average molecular weight is 480 g/mol. The van der Waals surface area contributed by atoms with Gasteiger partial charge >= 0.3 is 0 Å². The lowest BCUT2D eigenvalue weighted by Crippen LogP contribution is -2.38. The molecule has 0 spiro atoms. The second-order valence-electron chi connectivity index (χ2n) is 3.95. The molecule has 0 radical (unpaired) electrons. The third-order valence-corrected chi connectivity index (χ3v) is 8.15. The van der Waals surface area contributed by atoms with Gasteiger partial charge in [-0.25, -0.2) is 0 Å². The molecule has 16 heavy (non-hydrogen) atoms. The molecule has 0 aliphatic carbocycles. The minimum atomic E-state index is -0.502. The number of hydrogen-bond donors (Lipinski definition) is 0. The van der Waals surface area contributed by atoms with Crippen LogP contribution in [-0.2, 0) is 0 Å². The van der Waals surface area contributed by atoms with Gasteiger partial charge in [0.05, 0.1) is 14.6 Å². The Morgan fingerprint density at radius 1 is 1.25 bits per heavy atom. The molecule has 0 N–H and O–H groups in total. The van der Waals surface area contributed by atoms with Crippen molar-refractivity contribution in [2.75, 3.05) is 11.2 Å². The van der Waals surface area contributed by atoms with E-state index in [0.717, 1.165) is 0 Å². The number of rotatable bonds is 6. The van der Waals surface area contributed by atoms with Crippen molar-refractivity contribution >= 4 is 82.6 Å². The summed E-state index contributed by atoms with van der Waals surface area (Å²) in [5.74, 6) is 0.451. The van der Waals surface area contributed by atoms with Crippen LogP contribution in [0, 0.1) is 0 Å². The first-order valence-electron chi connectivity index (χ1n) is 4.64. The van der Waals surface area contributed by atoms with Gasteiger partial charge in [0, 0.05) is 16.0 Å². The maximum atomic E-state index is 6.43. The van der Waals surface area contributed by atoms with Gasteiger partial charge in [0.1, 0.15) is 0 Å². The van der Waals surface area contributed by atoms with E-state index in [2.05, 4.69) is 47.8 Å². The third kappa shape index (κ3) is 5.79. The first-order valence-corrected chi connectivity index (χ1v) is 8.89. The second kappa shape index (κ2) is 7.59. The van der Waals surface area contributed by atoms with Gasteiger partial charge < -0.3 is 0 Å². The zero-order valence-electron chi connectivity index (χ0n) is 8.99. The summed E-state index contributed by atoms with van der Waals surface area (Å²) in [4.78, 5) is -0.899. The molecule has 0 bridgehead atoms. The Bertz CT molecular complexity index is 241. The first kappa shape index (κ1) is 18.0. The van der Waals surface area contributed by atoms with Crippen molar-refractivity contribution in [2.24, 2.45) is 0 Å². The van der Waals surface area contributed by atoms with Crippen LogP contribution in [0.15, 0.2) is 12.2 Å². The Morgan fingerprint density at radius 3 is 2.12 bits per heavy atom. The highest BCUT2D eigenvalue weighted by Gasteiger charge is 2.35. The molecule has 0 fully saturated rings. The largest absolute Gasteiger partial charge is 0.125 e. The summed E-state index contributed by atoms with van der Waals surface area (Å²) in [7, 11) is 0. The van der Waals surface area contributed by atoms with Gasteiger partial charge in [-0.2, -0.15) is 0 Å². The fourth-order valence-electron chi connectivity index (χ4n) is 0.841. The van der Waals surface area contributed by atoms with Crippen molar-refractivity contribution in [3.05, 3.63) is 12.2 Å². The Balaban J connectivity index is 4.63. The standard InChI is InChI=1S/C10H14Br3Cl3/c1-9(15,6-11)4-3-7(12)10(2,16)8(13)5-14/h3-4,7-8H,5-6H2,1-2H3/t7-,8-,9-,10-/m0/s1. The molecule has 0 aliphatic heterocycles. The van der Waals surface area contributed by atoms with Crippen molar-refractivity contribution in [1.29, 1.82) is 0 Å². The lowest BCUT2D eigenvalue weighted by molar-refractivity contribution is 0.658. The molecule has 4 atom stereocenters. The van der Waals surface area contributed by atoms with Crippen LogP contribution >= 0.6 is 82.6 Å².